The highest BCUT2D eigenvalue weighted by molar-refractivity contribution is 5.95. The first-order chi connectivity index (χ1) is 14.1. The number of hydrogen-bond donors (Lipinski definition) is 2. The highest BCUT2D eigenvalue weighted by atomic mass is 16.5. The molecule has 0 aromatic heterocycles. The lowest BCUT2D eigenvalue weighted by atomic mass is 9.82. The fourth-order valence-corrected chi connectivity index (χ4v) is 3.63. The minimum atomic E-state index is -0.937. The van der Waals surface area contributed by atoms with Crippen molar-refractivity contribution in [3.63, 3.8) is 0 Å². The van der Waals surface area contributed by atoms with Gasteiger partial charge in [0, 0.05) is 11.1 Å². The number of ether oxygens (including phenoxy) is 1. The van der Waals surface area contributed by atoms with Crippen LogP contribution in [-0.4, -0.2) is 17.0 Å². The normalized spacial score (nSPS) is 18.3. The Morgan fingerprint density at radius 3 is 2.31 bits per heavy atom. The van der Waals surface area contributed by atoms with E-state index < -0.39 is 17.8 Å². The molecule has 1 amide bonds. The summed E-state index contributed by atoms with van der Waals surface area (Å²) in [5.41, 5.74) is 0.610. The van der Waals surface area contributed by atoms with Crippen molar-refractivity contribution in [3.8, 4) is 11.5 Å². The smallest absolute Gasteiger partial charge is 0.307 e. The van der Waals surface area contributed by atoms with Gasteiger partial charge in [-0.2, -0.15) is 0 Å². The van der Waals surface area contributed by atoms with Crippen LogP contribution in [0.3, 0.4) is 0 Å². The quantitative estimate of drug-likeness (QED) is 0.587. The Hall–Kier alpha value is -3.60. The van der Waals surface area contributed by atoms with Gasteiger partial charge in [0.2, 0.25) is 5.91 Å². The van der Waals surface area contributed by atoms with Crippen molar-refractivity contribution in [2.24, 2.45) is 11.8 Å². The lowest BCUT2D eigenvalue weighted by molar-refractivity contribution is -0.146. The van der Waals surface area contributed by atoms with E-state index in [2.05, 4.69) is 5.32 Å². The topological polar surface area (TPSA) is 75.6 Å². The summed E-state index contributed by atoms with van der Waals surface area (Å²) in [7, 11) is 0. The van der Waals surface area contributed by atoms with Gasteiger partial charge in [0.15, 0.2) is 0 Å². The molecule has 0 saturated heterocycles. The van der Waals surface area contributed by atoms with E-state index in [0.717, 1.165) is 16.5 Å². The molecular formula is C24H21NO4. The fourth-order valence-electron chi connectivity index (χ4n) is 3.63. The Balaban J connectivity index is 1.46. The van der Waals surface area contributed by atoms with E-state index in [1.807, 2.05) is 54.6 Å². The average Bonchev–Trinajstić information content (AvgIpc) is 2.75. The number of amides is 1. The van der Waals surface area contributed by atoms with Crippen LogP contribution in [0.4, 0.5) is 5.69 Å². The van der Waals surface area contributed by atoms with E-state index >= 15 is 0 Å². The highest BCUT2D eigenvalue weighted by Crippen LogP contribution is 2.31. The van der Waals surface area contributed by atoms with Crippen molar-refractivity contribution in [2.75, 3.05) is 5.32 Å². The number of anilines is 1. The molecule has 0 radical (unpaired) electrons. The SMILES string of the molecule is O=C(Nc1ccc(Oc2cccc3ccccc23)cc1)[C@H]1CC=CC[C@H]1C(=O)O. The number of rotatable bonds is 5. The van der Waals surface area contributed by atoms with Crippen molar-refractivity contribution < 1.29 is 19.4 Å². The van der Waals surface area contributed by atoms with Crippen LogP contribution in [0, 0.1) is 11.8 Å². The van der Waals surface area contributed by atoms with Gasteiger partial charge in [0.05, 0.1) is 11.8 Å². The van der Waals surface area contributed by atoms with E-state index in [4.69, 9.17) is 4.74 Å². The zero-order valence-corrected chi connectivity index (χ0v) is 15.7. The molecule has 4 rings (SSSR count). The molecule has 3 aromatic carbocycles. The van der Waals surface area contributed by atoms with Gasteiger partial charge in [-0.25, -0.2) is 0 Å². The lowest BCUT2D eigenvalue weighted by Crippen LogP contribution is -2.34. The summed E-state index contributed by atoms with van der Waals surface area (Å²) in [6.07, 6.45) is 4.50. The Morgan fingerprint density at radius 1 is 0.862 bits per heavy atom. The van der Waals surface area contributed by atoms with Gasteiger partial charge in [-0.05, 0) is 48.6 Å². The second kappa shape index (κ2) is 8.19. The van der Waals surface area contributed by atoms with E-state index in [-0.39, 0.29) is 5.91 Å². The van der Waals surface area contributed by atoms with Gasteiger partial charge >= 0.3 is 5.97 Å². The van der Waals surface area contributed by atoms with Gasteiger partial charge in [-0.15, -0.1) is 0 Å². The molecule has 0 bridgehead atoms. The number of hydrogen-bond acceptors (Lipinski definition) is 3. The zero-order valence-electron chi connectivity index (χ0n) is 15.7. The van der Waals surface area contributed by atoms with Gasteiger partial charge in [0.25, 0.3) is 0 Å². The summed E-state index contributed by atoms with van der Waals surface area (Å²) in [6, 6.07) is 21.0. The number of allylic oxidation sites excluding steroid dienone is 2. The molecular weight excluding hydrogens is 366 g/mol. The molecule has 1 aliphatic carbocycles. The van der Waals surface area contributed by atoms with E-state index in [1.165, 1.54) is 0 Å². The third-order valence-electron chi connectivity index (χ3n) is 5.19. The molecule has 0 heterocycles. The molecule has 5 nitrogen and oxygen atoms in total. The monoisotopic (exact) mass is 387 g/mol. The van der Waals surface area contributed by atoms with Crippen LogP contribution in [0.1, 0.15) is 12.8 Å². The molecule has 2 N–H and O–H groups in total. The Kier molecular flexibility index (Phi) is 5.29. The first-order valence-corrected chi connectivity index (χ1v) is 9.56. The van der Waals surface area contributed by atoms with Crippen molar-refractivity contribution in [2.45, 2.75) is 12.8 Å². The fraction of sp³-hybridized carbons (Fsp3) is 0.167. The summed E-state index contributed by atoms with van der Waals surface area (Å²) in [6.45, 7) is 0. The third kappa shape index (κ3) is 4.14. The first kappa shape index (κ1) is 18.7. The molecule has 5 heteroatoms. The van der Waals surface area contributed by atoms with Crippen LogP contribution in [-0.2, 0) is 9.59 Å². The maximum atomic E-state index is 12.6. The number of carbonyl (C=O) groups is 2. The van der Waals surface area contributed by atoms with Crippen molar-refractivity contribution in [1.29, 1.82) is 0 Å². The standard InChI is InChI=1S/C24H21NO4/c26-23(20-9-3-4-10-21(20)24(27)28)25-17-12-14-18(15-13-17)29-22-11-5-7-16-6-1-2-8-19(16)22/h1-8,11-15,20-21H,9-10H2,(H,25,26)(H,27,28)/t20-,21+/m0/s1. The Bertz CT molecular complexity index is 1070. The number of nitrogens with one attached hydrogen (secondary N) is 1. The summed E-state index contributed by atoms with van der Waals surface area (Å²) >= 11 is 0. The van der Waals surface area contributed by atoms with Crippen LogP contribution in [0.15, 0.2) is 78.9 Å². The second-order valence-corrected chi connectivity index (χ2v) is 7.09. The van der Waals surface area contributed by atoms with Gasteiger partial charge < -0.3 is 15.2 Å². The number of carboxylic acid groups (broad SMARTS) is 1. The highest BCUT2D eigenvalue weighted by Gasteiger charge is 2.33. The average molecular weight is 387 g/mol. The first-order valence-electron chi connectivity index (χ1n) is 9.56. The summed E-state index contributed by atoms with van der Waals surface area (Å²) in [5.74, 6) is -1.04. The molecule has 0 spiro atoms. The molecule has 0 saturated carbocycles. The maximum Gasteiger partial charge on any atom is 0.307 e. The predicted molar refractivity (Wildman–Crippen MR) is 112 cm³/mol. The molecule has 146 valence electrons. The van der Waals surface area contributed by atoms with Crippen molar-refractivity contribution in [1.82, 2.24) is 0 Å². The Labute approximate surface area is 168 Å². The van der Waals surface area contributed by atoms with Gasteiger partial charge in [0.1, 0.15) is 11.5 Å². The van der Waals surface area contributed by atoms with Gasteiger partial charge in [-0.1, -0.05) is 48.6 Å². The van der Waals surface area contributed by atoms with Crippen molar-refractivity contribution in [3.05, 3.63) is 78.9 Å². The third-order valence-corrected chi connectivity index (χ3v) is 5.19. The maximum absolute atomic E-state index is 12.6. The minimum absolute atomic E-state index is 0.274. The molecule has 0 aliphatic heterocycles. The molecule has 0 unspecified atom stereocenters. The second-order valence-electron chi connectivity index (χ2n) is 7.09. The predicted octanol–water partition coefficient (Wildman–Crippen LogP) is 5.24. The van der Waals surface area contributed by atoms with Crippen LogP contribution >= 0.6 is 0 Å². The molecule has 2 atom stereocenters. The van der Waals surface area contributed by atoms with Gasteiger partial charge in [-0.3, -0.25) is 9.59 Å². The minimum Gasteiger partial charge on any atom is -0.481 e. The molecule has 1 aliphatic rings. The number of aliphatic carboxylic acids is 1. The summed E-state index contributed by atoms with van der Waals surface area (Å²) in [4.78, 5) is 24.0. The van der Waals surface area contributed by atoms with Crippen LogP contribution in [0.25, 0.3) is 10.8 Å². The largest absolute Gasteiger partial charge is 0.481 e. The number of benzene rings is 3. The Morgan fingerprint density at radius 2 is 1.55 bits per heavy atom. The van der Waals surface area contributed by atoms with Crippen molar-refractivity contribution >= 4 is 28.3 Å². The van der Waals surface area contributed by atoms with E-state index in [9.17, 15) is 14.7 Å². The number of carbonyl (C=O) groups excluding carboxylic acids is 1. The van der Waals surface area contributed by atoms with Crippen LogP contribution in [0.2, 0.25) is 0 Å². The summed E-state index contributed by atoms with van der Waals surface area (Å²) in [5, 5.41) is 14.3. The number of fused-ring (bicyclic) bond motifs is 1. The molecule has 0 fully saturated rings. The van der Waals surface area contributed by atoms with Crippen LogP contribution < -0.4 is 10.1 Å². The van der Waals surface area contributed by atoms with E-state index in [0.29, 0.717) is 24.3 Å². The molecule has 29 heavy (non-hydrogen) atoms. The summed E-state index contributed by atoms with van der Waals surface area (Å²) < 4.78 is 6.02. The zero-order chi connectivity index (χ0) is 20.2. The van der Waals surface area contributed by atoms with E-state index in [1.54, 1.807) is 24.3 Å². The number of carboxylic acids is 1. The van der Waals surface area contributed by atoms with Crippen LogP contribution in [0.5, 0.6) is 11.5 Å². The lowest BCUT2D eigenvalue weighted by Gasteiger charge is -2.24. The molecule has 3 aromatic rings.